The van der Waals surface area contributed by atoms with Crippen molar-refractivity contribution in [2.24, 2.45) is 5.92 Å². The number of amides is 1. The Morgan fingerprint density at radius 3 is 2.51 bits per heavy atom. The smallest absolute Gasteiger partial charge is 0.358 e. The number of aromatic nitrogens is 1. The highest BCUT2D eigenvalue weighted by Gasteiger charge is 2.57. The van der Waals surface area contributed by atoms with Crippen molar-refractivity contribution in [1.29, 1.82) is 0 Å². The van der Waals surface area contributed by atoms with E-state index in [1.807, 2.05) is 24.3 Å². The lowest BCUT2D eigenvalue weighted by Crippen LogP contribution is -2.66. The molecule has 0 radical (unpaired) electrons. The number of likely N-dealkylation sites (tertiary alicyclic amines) is 1. The van der Waals surface area contributed by atoms with E-state index < -0.39 is 39.5 Å². The molecule has 1 unspecified atom stereocenters. The zero-order valence-corrected chi connectivity index (χ0v) is 22.4. The van der Waals surface area contributed by atoms with E-state index in [4.69, 9.17) is 4.74 Å². The van der Waals surface area contributed by atoms with Crippen molar-refractivity contribution >= 4 is 60.7 Å². The van der Waals surface area contributed by atoms with Gasteiger partial charge in [-0.25, -0.2) is 9.78 Å². The van der Waals surface area contributed by atoms with E-state index in [2.05, 4.69) is 4.98 Å². The van der Waals surface area contributed by atoms with Crippen molar-refractivity contribution in [3.63, 3.8) is 0 Å². The predicted octanol–water partition coefficient (Wildman–Crippen LogP) is 5.03. The monoisotopic (exact) mass is 561 g/mol. The van der Waals surface area contributed by atoms with Crippen LogP contribution in [-0.2, 0) is 20.9 Å². The molecule has 0 spiro atoms. The van der Waals surface area contributed by atoms with Crippen molar-refractivity contribution in [3.05, 3.63) is 75.7 Å². The number of fused-ring (bicyclic) bond motifs is 1. The Morgan fingerprint density at radius 2 is 1.92 bits per heavy atom. The van der Waals surface area contributed by atoms with E-state index in [1.165, 1.54) is 78.0 Å². The van der Waals surface area contributed by atoms with Gasteiger partial charge in [0.1, 0.15) is 17.7 Å². The Bertz CT molecular complexity index is 1350. The Labute approximate surface area is 223 Å². The summed E-state index contributed by atoms with van der Waals surface area (Å²) in [5.74, 6) is -2.70. The number of thiazole rings is 1. The molecule has 4 rings (SSSR count). The second-order valence-corrected chi connectivity index (χ2v) is 12.4. The summed E-state index contributed by atoms with van der Waals surface area (Å²) in [6, 6.07) is 13.1. The second kappa shape index (κ2) is 10.7. The standard InChI is InChI=1S/C24H23N3O7S3/c1-13(28)19(22(30)34-12-14-8-10-15(11-9-14)27(32)33)26-20(29)18(24(2,3)31)21(26)36-37-23-25-16-6-4-5-7-17(16)35-23/h4-11,18,21,28,31H,12H2,1-3H3/b19-13+/t18?,21-/m1/s1. The van der Waals surface area contributed by atoms with Crippen LogP contribution >= 0.6 is 32.9 Å². The van der Waals surface area contributed by atoms with E-state index in [9.17, 15) is 29.9 Å². The third-order valence-electron chi connectivity index (χ3n) is 5.59. The van der Waals surface area contributed by atoms with E-state index in [1.54, 1.807) is 0 Å². The van der Waals surface area contributed by atoms with E-state index in [0.29, 0.717) is 5.56 Å². The number of nitrogens with zero attached hydrogens (tertiary/aromatic N) is 3. The molecular weight excluding hydrogens is 538 g/mol. The van der Waals surface area contributed by atoms with Gasteiger partial charge in [-0.05, 0) is 61.4 Å². The number of β-lactam (4-membered cyclic amide) rings is 1. The van der Waals surface area contributed by atoms with Gasteiger partial charge in [0.05, 0.1) is 26.7 Å². The number of rotatable bonds is 9. The summed E-state index contributed by atoms with van der Waals surface area (Å²) in [7, 11) is 2.57. The average molecular weight is 562 g/mol. The number of nitro benzene ring substituents is 1. The van der Waals surface area contributed by atoms with Crippen LogP contribution in [0, 0.1) is 16.0 Å². The normalized spacial score (nSPS) is 18.4. The van der Waals surface area contributed by atoms with E-state index in [0.717, 1.165) is 19.5 Å². The van der Waals surface area contributed by atoms with Crippen molar-refractivity contribution in [2.75, 3.05) is 0 Å². The quantitative estimate of drug-likeness (QED) is 0.0694. The lowest BCUT2D eigenvalue weighted by molar-refractivity contribution is -0.384. The van der Waals surface area contributed by atoms with Crippen LogP contribution in [0.5, 0.6) is 0 Å². The highest BCUT2D eigenvalue weighted by atomic mass is 33.1. The van der Waals surface area contributed by atoms with Crippen molar-refractivity contribution < 1.29 is 29.5 Å². The highest BCUT2D eigenvalue weighted by Crippen LogP contribution is 2.50. The maximum absolute atomic E-state index is 13.1. The van der Waals surface area contributed by atoms with Gasteiger partial charge in [0.25, 0.3) is 5.69 Å². The lowest BCUT2D eigenvalue weighted by Gasteiger charge is -2.50. The minimum atomic E-state index is -1.38. The molecular formula is C24H23N3O7S3. The number of aliphatic hydroxyl groups excluding tert-OH is 1. The topological polar surface area (TPSA) is 143 Å². The summed E-state index contributed by atoms with van der Waals surface area (Å²) < 4.78 is 7.07. The number of hydrogen-bond donors (Lipinski definition) is 2. The number of benzene rings is 2. The summed E-state index contributed by atoms with van der Waals surface area (Å²) >= 11 is 1.48. The number of nitro groups is 1. The first kappa shape index (κ1) is 26.9. The number of para-hydroxylation sites is 1. The third-order valence-corrected chi connectivity index (χ3v) is 9.60. The molecule has 10 nitrogen and oxygen atoms in total. The maximum Gasteiger partial charge on any atom is 0.358 e. The van der Waals surface area contributed by atoms with Gasteiger partial charge in [0.15, 0.2) is 10.0 Å². The molecule has 1 aliphatic heterocycles. The number of aliphatic hydroxyl groups is 2. The minimum absolute atomic E-state index is 0.101. The second-order valence-electron chi connectivity index (χ2n) is 8.79. The Balaban J connectivity index is 1.51. The summed E-state index contributed by atoms with van der Waals surface area (Å²) in [6.45, 7) is 4.09. The van der Waals surface area contributed by atoms with Crippen molar-refractivity contribution in [1.82, 2.24) is 9.88 Å². The molecule has 37 heavy (non-hydrogen) atoms. The van der Waals surface area contributed by atoms with Gasteiger partial charge in [0.2, 0.25) is 5.91 Å². The molecule has 0 saturated carbocycles. The molecule has 0 bridgehead atoms. The van der Waals surface area contributed by atoms with Gasteiger partial charge in [-0.2, -0.15) is 0 Å². The van der Waals surface area contributed by atoms with Crippen LogP contribution in [0.4, 0.5) is 5.69 Å². The average Bonchev–Trinajstić information content (AvgIpc) is 3.25. The molecule has 2 atom stereocenters. The first-order valence-electron chi connectivity index (χ1n) is 11.0. The zero-order valence-electron chi connectivity index (χ0n) is 20.0. The Kier molecular flexibility index (Phi) is 7.78. The first-order chi connectivity index (χ1) is 17.5. The molecule has 1 amide bonds. The van der Waals surface area contributed by atoms with Crippen molar-refractivity contribution in [2.45, 2.75) is 42.7 Å². The molecule has 0 aliphatic carbocycles. The molecule has 1 aliphatic rings. The van der Waals surface area contributed by atoms with Gasteiger partial charge in [-0.15, -0.1) is 11.3 Å². The summed E-state index contributed by atoms with van der Waals surface area (Å²) in [4.78, 5) is 42.1. The van der Waals surface area contributed by atoms with Crippen LogP contribution < -0.4 is 0 Å². The molecule has 2 heterocycles. The number of ether oxygens (including phenoxy) is 1. The number of carbonyl (C=O) groups is 2. The Hall–Kier alpha value is -3.13. The molecule has 1 aromatic heterocycles. The SMILES string of the molecule is C/C(O)=C(/C(=O)OCc1ccc([N+](=O)[O-])cc1)N1C(=O)C(C(C)(C)O)[C@H]1SSc1nc2ccccc2s1. The third kappa shape index (κ3) is 5.74. The summed E-state index contributed by atoms with van der Waals surface area (Å²) in [5.41, 5.74) is -0.462. The highest BCUT2D eigenvalue weighted by molar-refractivity contribution is 8.77. The van der Waals surface area contributed by atoms with Gasteiger partial charge in [0, 0.05) is 12.1 Å². The molecule has 194 valence electrons. The summed E-state index contributed by atoms with van der Waals surface area (Å²) in [6.07, 6.45) is 0. The van der Waals surface area contributed by atoms with E-state index in [-0.39, 0.29) is 18.0 Å². The largest absolute Gasteiger partial charge is 0.510 e. The van der Waals surface area contributed by atoms with Gasteiger partial charge >= 0.3 is 5.97 Å². The molecule has 1 saturated heterocycles. The van der Waals surface area contributed by atoms with Gasteiger partial charge in [-0.1, -0.05) is 22.9 Å². The number of hydrogen-bond acceptors (Lipinski definition) is 11. The molecule has 2 N–H and O–H groups in total. The fourth-order valence-corrected chi connectivity index (χ4v) is 7.96. The van der Waals surface area contributed by atoms with Crippen LogP contribution in [0.1, 0.15) is 26.3 Å². The lowest BCUT2D eigenvalue weighted by atomic mass is 9.82. The maximum atomic E-state index is 13.1. The predicted molar refractivity (Wildman–Crippen MR) is 142 cm³/mol. The minimum Gasteiger partial charge on any atom is -0.510 e. The summed E-state index contributed by atoms with van der Waals surface area (Å²) in [5, 5.41) is 31.1. The molecule has 13 heteroatoms. The van der Waals surface area contributed by atoms with Crippen LogP contribution in [0.15, 0.2) is 64.3 Å². The van der Waals surface area contributed by atoms with Gasteiger partial charge < -0.3 is 14.9 Å². The van der Waals surface area contributed by atoms with Crippen LogP contribution in [0.25, 0.3) is 10.2 Å². The number of allylic oxidation sites excluding steroid dienone is 1. The first-order valence-corrected chi connectivity index (χ1v) is 14.0. The van der Waals surface area contributed by atoms with Crippen LogP contribution in [-0.4, -0.2) is 47.9 Å². The number of esters is 1. The molecule has 3 aromatic rings. The van der Waals surface area contributed by atoms with Crippen molar-refractivity contribution in [3.8, 4) is 0 Å². The fraction of sp³-hybridized carbons (Fsp3) is 0.292. The van der Waals surface area contributed by atoms with Crippen LogP contribution in [0.3, 0.4) is 0 Å². The number of non-ortho nitro benzene ring substituents is 1. The number of carbonyl (C=O) groups excluding carboxylic acids is 2. The van der Waals surface area contributed by atoms with E-state index >= 15 is 0 Å². The zero-order chi connectivity index (χ0) is 26.9. The van der Waals surface area contributed by atoms with Crippen LogP contribution in [0.2, 0.25) is 0 Å². The van der Waals surface area contributed by atoms with Gasteiger partial charge in [-0.3, -0.25) is 19.8 Å². The molecule has 2 aromatic carbocycles. The Morgan fingerprint density at radius 1 is 1.24 bits per heavy atom. The molecule has 1 fully saturated rings. The fourth-order valence-electron chi connectivity index (χ4n) is 3.78.